The zero-order valence-electron chi connectivity index (χ0n) is 15.3. The molecule has 3 rings (SSSR count). The molecule has 1 aliphatic rings. The second-order valence-corrected chi connectivity index (χ2v) is 8.23. The molecule has 0 saturated carbocycles. The molecule has 1 aromatic heterocycles. The van der Waals surface area contributed by atoms with E-state index in [1.54, 1.807) is 12.3 Å². The van der Waals surface area contributed by atoms with Gasteiger partial charge in [-0.3, -0.25) is 4.90 Å². The summed E-state index contributed by atoms with van der Waals surface area (Å²) in [7, 11) is -3.52. The summed E-state index contributed by atoms with van der Waals surface area (Å²) in [5.74, 6) is 0.777. The third kappa shape index (κ3) is 4.09. The highest BCUT2D eigenvalue weighted by molar-refractivity contribution is 7.93. The van der Waals surface area contributed by atoms with Crippen LogP contribution in [0.4, 0.5) is 0 Å². The predicted molar refractivity (Wildman–Crippen MR) is 104 cm³/mol. The highest BCUT2D eigenvalue weighted by Crippen LogP contribution is 2.27. The summed E-state index contributed by atoms with van der Waals surface area (Å²) in [4.78, 5) is 2.64. The van der Waals surface area contributed by atoms with Crippen LogP contribution in [0.5, 0.6) is 0 Å². The van der Waals surface area contributed by atoms with Crippen molar-refractivity contribution in [3.63, 3.8) is 0 Å². The fourth-order valence-electron chi connectivity index (χ4n) is 3.45. The molecule has 0 aliphatic heterocycles. The smallest absolute Gasteiger partial charge is 0.236 e. The molecule has 1 unspecified atom stereocenters. The van der Waals surface area contributed by atoms with Crippen LogP contribution in [0.2, 0.25) is 0 Å². The second-order valence-electron chi connectivity index (χ2n) is 6.41. The lowest BCUT2D eigenvalue weighted by Gasteiger charge is -2.28. The molecule has 6 heteroatoms. The van der Waals surface area contributed by atoms with Gasteiger partial charge in [-0.1, -0.05) is 38.1 Å². The highest BCUT2D eigenvalue weighted by Gasteiger charge is 2.26. The van der Waals surface area contributed by atoms with E-state index in [9.17, 15) is 8.42 Å². The highest BCUT2D eigenvalue weighted by atomic mass is 32.2. The Balaban J connectivity index is 1.78. The molecule has 0 saturated heterocycles. The van der Waals surface area contributed by atoms with Gasteiger partial charge in [0.25, 0.3) is 0 Å². The molecular formula is C20H26N2O3S. The third-order valence-electron chi connectivity index (χ3n) is 4.95. The minimum atomic E-state index is -3.52. The van der Waals surface area contributed by atoms with Gasteiger partial charge in [0.2, 0.25) is 10.0 Å². The molecule has 5 nitrogen and oxygen atoms in total. The maximum absolute atomic E-state index is 12.8. The van der Waals surface area contributed by atoms with Crippen molar-refractivity contribution in [1.29, 1.82) is 0 Å². The van der Waals surface area contributed by atoms with Gasteiger partial charge in [-0.25, -0.2) is 13.1 Å². The number of sulfonamides is 1. The molecular weight excluding hydrogens is 348 g/mol. The maximum Gasteiger partial charge on any atom is 0.236 e. The minimum Gasteiger partial charge on any atom is -0.468 e. The van der Waals surface area contributed by atoms with Gasteiger partial charge in [-0.15, -0.1) is 0 Å². The molecule has 0 fully saturated rings. The van der Waals surface area contributed by atoms with Gasteiger partial charge in [0.15, 0.2) is 0 Å². The van der Waals surface area contributed by atoms with E-state index >= 15 is 0 Å². The number of rotatable bonds is 8. The van der Waals surface area contributed by atoms with Crippen LogP contribution in [0.1, 0.15) is 43.2 Å². The monoisotopic (exact) mass is 374 g/mol. The number of hydrogen-bond donors (Lipinski definition) is 1. The van der Waals surface area contributed by atoms with Gasteiger partial charge in [0, 0.05) is 6.54 Å². The molecule has 1 atom stereocenters. The maximum atomic E-state index is 12.8. The third-order valence-corrected chi connectivity index (χ3v) is 6.51. The first-order chi connectivity index (χ1) is 12.5. The lowest BCUT2D eigenvalue weighted by Crippen LogP contribution is -2.38. The van der Waals surface area contributed by atoms with Crippen molar-refractivity contribution in [3.05, 3.63) is 64.5 Å². The summed E-state index contributed by atoms with van der Waals surface area (Å²) >= 11 is 0. The summed E-state index contributed by atoms with van der Waals surface area (Å²) in [5.41, 5.74) is 2.19. The Hall–Kier alpha value is -1.89. The van der Waals surface area contributed by atoms with Gasteiger partial charge in [0.1, 0.15) is 5.76 Å². The van der Waals surface area contributed by atoms with E-state index in [2.05, 4.69) is 29.5 Å². The number of nitrogens with zero attached hydrogens (tertiary/aromatic N) is 1. The van der Waals surface area contributed by atoms with E-state index < -0.39 is 10.0 Å². The second kappa shape index (κ2) is 8.20. The van der Waals surface area contributed by atoms with E-state index in [-0.39, 0.29) is 12.6 Å². The largest absolute Gasteiger partial charge is 0.468 e. The van der Waals surface area contributed by atoms with Crippen molar-refractivity contribution in [2.75, 3.05) is 19.6 Å². The normalized spacial score (nSPS) is 15.6. The number of benzene rings is 1. The standard InChI is InChI=1S/C20H26N2O3S/c1-3-22(4-2)19(20-10-7-13-25-20)15-21-26(23,24)18-12-11-16-8-5-6-9-17(16)14-18/h5-10,13-14,19,21H,3-4,11-12,15H2,1-2H3. The summed E-state index contributed by atoms with van der Waals surface area (Å²) < 4.78 is 34.0. The van der Waals surface area contributed by atoms with Crippen molar-refractivity contribution in [1.82, 2.24) is 9.62 Å². The molecule has 1 aromatic carbocycles. The van der Waals surface area contributed by atoms with Crippen LogP contribution in [0.25, 0.3) is 6.08 Å². The molecule has 1 heterocycles. The number of likely N-dealkylation sites (N-methyl/N-ethyl adjacent to an activating group) is 1. The number of aryl methyl sites for hydroxylation is 1. The van der Waals surface area contributed by atoms with Crippen molar-refractivity contribution in [2.45, 2.75) is 32.7 Å². The van der Waals surface area contributed by atoms with Crippen LogP contribution in [0, 0.1) is 0 Å². The SMILES string of the molecule is CCN(CC)C(CNS(=O)(=O)C1=Cc2ccccc2CC1)c1ccco1. The molecule has 140 valence electrons. The Morgan fingerprint density at radius 1 is 1.12 bits per heavy atom. The Kier molecular flexibility index (Phi) is 5.96. The van der Waals surface area contributed by atoms with Gasteiger partial charge in [-0.05, 0) is 55.3 Å². The molecule has 1 aliphatic carbocycles. The average molecular weight is 375 g/mol. The lowest BCUT2D eigenvalue weighted by atomic mass is 9.98. The molecule has 1 N–H and O–H groups in total. The minimum absolute atomic E-state index is 0.119. The first-order valence-electron chi connectivity index (χ1n) is 9.10. The number of nitrogens with one attached hydrogen (secondary N) is 1. The summed E-state index contributed by atoms with van der Waals surface area (Å²) in [6, 6.07) is 11.6. The van der Waals surface area contributed by atoms with Crippen LogP contribution >= 0.6 is 0 Å². The fourth-order valence-corrected chi connectivity index (χ4v) is 4.67. The van der Waals surface area contributed by atoms with Gasteiger partial charge < -0.3 is 4.42 Å². The predicted octanol–water partition coefficient (Wildman–Crippen LogP) is 3.57. The van der Waals surface area contributed by atoms with Gasteiger partial charge in [-0.2, -0.15) is 0 Å². The van der Waals surface area contributed by atoms with E-state index in [1.807, 2.05) is 30.3 Å². The van der Waals surface area contributed by atoms with Crippen LogP contribution in [0.15, 0.2) is 52.0 Å². The van der Waals surface area contributed by atoms with E-state index in [0.29, 0.717) is 11.3 Å². The van der Waals surface area contributed by atoms with E-state index in [0.717, 1.165) is 30.8 Å². The Labute approximate surface area is 155 Å². The Bertz CT molecular complexity index is 853. The number of furan rings is 1. The van der Waals surface area contributed by atoms with Crippen molar-refractivity contribution in [2.24, 2.45) is 0 Å². The van der Waals surface area contributed by atoms with E-state index in [1.165, 1.54) is 5.56 Å². The number of hydrogen-bond acceptors (Lipinski definition) is 4. The molecule has 0 bridgehead atoms. The summed E-state index contributed by atoms with van der Waals surface area (Å²) in [6.07, 6.45) is 4.70. The average Bonchev–Trinajstić information content (AvgIpc) is 3.19. The molecule has 0 spiro atoms. The van der Waals surface area contributed by atoms with Crippen LogP contribution in [-0.4, -0.2) is 33.0 Å². The Morgan fingerprint density at radius 2 is 1.88 bits per heavy atom. The van der Waals surface area contributed by atoms with Crippen molar-refractivity contribution in [3.8, 4) is 0 Å². The first kappa shape index (κ1) is 18.9. The fraction of sp³-hybridized carbons (Fsp3) is 0.400. The molecule has 0 amide bonds. The summed E-state index contributed by atoms with van der Waals surface area (Å²) in [5, 5.41) is 0. The van der Waals surface area contributed by atoms with Crippen LogP contribution in [-0.2, 0) is 16.4 Å². The number of allylic oxidation sites excluding steroid dienone is 1. The van der Waals surface area contributed by atoms with Crippen molar-refractivity contribution < 1.29 is 12.8 Å². The summed E-state index contributed by atoms with van der Waals surface area (Å²) in [6.45, 7) is 6.05. The van der Waals surface area contributed by atoms with Gasteiger partial charge >= 0.3 is 0 Å². The van der Waals surface area contributed by atoms with Crippen LogP contribution in [0.3, 0.4) is 0 Å². The lowest BCUT2D eigenvalue weighted by molar-refractivity contribution is 0.194. The van der Waals surface area contributed by atoms with E-state index in [4.69, 9.17) is 4.42 Å². The van der Waals surface area contributed by atoms with Crippen molar-refractivity contribution >= 4 is 16.1 Å². The zero-order valence-corrected chi connectivity index (χ0v) is 16.1. The first-order valence-corrected chi connectivity index (χ1v) is 10.6. The van der Waals surface area contributed by atoms with Gasteiger partial charge in [0.05, 0.1) is 17.2 Å². The molecule has 0 radical (unpaired) electrons. The van der Waals surface area contributed by atoms with Crippen LogP contribution < -0.4 is 4.72 Å². The quantitative estimate of drug-likeness (QED) is 0.767. The molecule has 2 aromatic rings. The Morgan fingerprint density at radius 3 is 2.58 bits per heavy atom. The topological polar surface area (TPSA) is 62.6 Å². The zero-order chi connectivity index (χ0) is 18.6. The number of fused-ring (bicyclic) bond motifs is 1. The molecule has 26 heavy (non-hydrogen) atoms.